The number of hydrogen-bond donors (Lipinski definition) is 1. The van der Waals surface area contributed by atoms with Crippen LogP contribution < -0.4 is 0 Å². The highest BCUT2D eigenvalue weighted by Gasteiger charge is 2.40. The number of carbonyl (C=O) groups is 2. The number of nitrogens with zero attached hydrogens (tertiary/aromatic N) is 1. The van der Waals surface area contributed by atoms with Crippen LogP contribution in [-0.2, 0) is 26.5 Å². The fourth-order valence-electron chi connectivity index (χ4n) is 4.27. The van der Waals surface area contributed by atoms with E-state index < -0.39 is 23.7 Å². The van der Waals surface area contributed by atoms with Crippen LogP contribution in [0.15, 0.2) is 121 Å². The Kier molecular flexibility index (Phi) is 8.33. The van der Waals surface area contributed by atoms with Crippen molar-refractivity contribution in [2.24, 2.45) is 0 Å². The van der Waals surface area contributed by atoms with Crippen LogP contribution in [0.2, 0.25) is 0 Å². The lowest BCUT2D eigenvalue weighted by Crippen LogP contribution is -2.47. The van der Waals surface area contributed by atoms with Crippen LogP contribution in [0.3, 0.4) is 0 Å². The fourth-order valence-corrected chi connectivity index (χ4v) is 4.27. The van der Waals surface area contributed by atoms with Gasteiger partial charge < -0.3 is 14.6 Å². The molecule has 0 saturated carbocycles. The quantitative estimate of drug-likeness (QED) is 0.285. The van der Waals surface area contributed by atoms with Crippen molar-refractivity contribution >= 4 is 12.1 Å². The number of likely N-dealkylation sites (N-methyl/N-ethyl adjacent to an activating group) is 1. The Morgan fingerprint density at radius 3 is 1.54 bits per heavy atom. The second kappa shape index (κ2) is 12.0. The maximum Gasteiger partial charge on any atom is 0.410 e. The Morgan fingerprint density at radius 1 is 0.730 bits per heavy atom. The first-order valence-electron chi connectivity index (χ1n) is 12.0. The highest BCUT2D eigenvalue weighted by atomic mass is 16.6. The third-order valence-electron chi connectivity index (χ3n) is 6.24. The molecule has 1 atom stereocenters. The van der Waals surface area contributed by atoms with Crippen LogP contribution in [0.5, 0.6) is 0 Å². The number of carboxylic acid groups (broad SMARTS) is 1. The lowest BCUT2D eigenvalue weighted by Gasteiger charge is -2.37. The molecule has 0 radical (unpaired) electrons. The zero-order chi connectivity index (χ0) is 26.1. The zero-order valence-corrected chi connectivity index (χ0v) is 20.6. The first-order valence-corrected chi connectivity index (χ1v) is 12.0. The monoisotopic (exact) mass is 495 g/mol. The molecule has 6 heteroatoms. The van der Waals surface area contributed by atoms with Crippen molar-refractivity contribution in [1.82, 2.24) is 4.90 Å². The molecule has 1 N–H and O–H groups in total. The van der Waals surface area contributed by atoms with Gasteiger partial charge in [0.1, 0.15) is 12.2 Å². The SMILES string of the molecule is CN(C(=O)OCc1ccccc1)[C@@H](COC(c1ccccc1)(c1ccccc1)c1ccccc1)C(=O)O. The molecule has 0 unspecified atom stereocenters. The van der Waals surface area contributed by atoms with E-state index in [9.17, 15) is 14.7 Å². The molecule has 4 rings (SSSR count). The van der Waals surface area contributed by atoms with Crippen molar-refractivity contribution in [3.8, 4) is 0 Å². The molecule has 1 amide bonds. The lowest BCUT2D eigenvalue weighted by atomic mass is 9.80. The highest BCUT2D eigenvalue weighted by Crippen LogP contribution is 2.40. The standard InChI is InChI=1S/C31H29NO5/c1-32(30(35)36-22-24-14-6-2-7-15-24)28(29(33)34)23-37-31(25-16-8-3-9-17-25,26-18-10-4-11-19-26)27-20-12-5-13-21-27/h2-21,28H,22-23H2,1H3,(H,33,34)/t28-/m0/s1. The van der Waals surface area contributed by atoms with E-state index in [-0.39, 0.29) is 13.2 Å². The molecule has 188 valence electrons. The number of carbonyl (C=O) groups excluding carboxylic acids is 1. The van der Waals surface area contributed by atoms with Gasteiger partial charge in [-0.3, -0.25) is 4.90 Å². The van der Waals surface area contributed by atoms with Gasteiger partial charge in [-0.1, -0.05) is 121 Å². The van der Waals surface area contributed by atoms with Gasteiger partial charge in [0.15, 0.2) is 6.04 Å². The third kappa shape index (κ3) is 5.88. The van der Waals surface area contributed by atoms with E-state index in [1.165, 1.54) is 7.05 Å². The first kappa shape index (κ1) is 25.7. The van der Waals surface area contributed by atoms with Crippen molar-refractivity contribution in [3.05, 3.63) is 144 Å². The zero-order valence-electron chi connectivity index (χ0n) is 20.6. The van der Waals surface area contributed by atoms with Gasteiger partial charge in [-0.05, 0) is 22.3 Å². The maximum absolute atomic E-state index is 12.8. The van der Waals surface area contributed by atoms with E-state index >= 15 is 0 Å². The summed E-state index contributed by atoms with van der Waals surface area (Å²) in [6.07, 6.45) is -0.746. The van der Waals surface area contributed by atoms with Gasteiger partial charge >= 0.3 is 12.1 Å². The van der Waals surface area contributed by atoms with E-state index in [0.717, 1.165) is 27.2 Å². The lowest BCUT2D eigenvalue weighted by molar-refractivity contribution is -0.146. The Hall–Kier alpha value is -4.42. The number of rotatable bonds is 10. The van der Waals surface area contributed by atoms with Crippen LogP contribution in [0, 0.1) is 0 Å². The molecule has 0 aliphatic heterocycles. The minimum atomic E-state index is -1.28. The summed E-state index contributed by atoms with van der Waals surface area (Å²) in [5.74, 6) is -1.19. The predicted molar refractivity (Wildman–Crippen MR) is 141 cm³/mol. The van der Waals surface area contributed by atoms with Gasteiger partial charge in [-0.15, -0.1) is 0 Å². The van der Waals surface area contributed by atoms with Crippen molar-refractivity contribution < 1.29 is 24.2 Å². The predicted octanol–water partition coefficient (Wildman–Crippen LogP) is 5.72. The van der Waals surface area contributed by atoms with E-state index in [2.05, 4.69) is 0 Å². The van der Waals surface area contributed by atoms with Crippen LogP contribution in [0.25, 0.3) is 0 Å². The summed E-state index contributed by atoms with van der Waals surface area (Å²) in [4.78, 5) is 26.2. The number of aliphatic carboxylic acids is 1. The van der Waals surface area contributed by atoms with E-state index in [1.54, 1.807) is 0 Å². The molecule has 0 aliphatic carbocycles. The second-order valence-corrected chi connectivity index (χ2v) is 8.60. The topological polar surface area (TPSA) is 76.1 Å². The summed E-state index contributed by atoms with van der Waals surface area (Å²) in [5, 5.41) is 10.1. The molecule has 37 heavy (non-hydrogen) atoms. The number of amides is 1. The molecule has 0 fully saturated rings. The summed E-state index contributed by atoms with van der Waals surface area (Å²) >= 11 is 0. The van der Waals surface area contributed by atoms with E-state index in [4.69, 9.17) is 9.47 Å². The summed E-state index contributed by atoms with van der Waals surface area (Å²) in [6.45, 7) is -0.232. The molecule has 6 nitrogen and oxygen atoms in total. The summed E-state index contributed by atoms with van der Waals surface area (Å²) in [7, 11) is 1.41. The fraction of sp³-hybridized carbons (Fsp3) is 0.161. The minimum Gasteiger partial charge on any atom is -0.480 e. The average Bonchev–Trinajstić information content (AvgIpc) is 2.95. The van der Waals surface area contributed by atoms with Gasteiger partial charge in [-0.2, -0.15) is 0 Å². The van der Waals surface area contributed by atoms with Gasteiger partial charge in [-0.25, -0.2) is 9.59 Å². The Labute approximate surface area is 216 Å². The molecular weight excluding hydrogens is 466 g/mol. The van der Waals surface area contributed by atoms with Gasteiger partial charge in [0.25, 0.3) is 0 Å². The second-order valence-electron chi connectivity index (χ2n) is 8.60. The molecule has 4 aromatic rings. The van der Waals surface area contributed by atoms with Crippen molar-refractivity contribution in [2.75, 3.05) is 13.7 Å². The van der Waals surface area contributed by atoms with Crippen molar-refractivity contribution in [2.45, 2.75) is 18.2 Å². The average molecular weight is 496 g/mol. The van der Waals surface area contributed by atoms with Gasteiger partial charge in [0.2, 0.25) is 0 Å². The van der Waals surface area contributed by atoms with E-state index in [1.807, 2.05) is 121 Å². The summed E-state index contributed by atoms with van der Waals surface area (Å²) in [5.41, 5.74) is 2.22. The molecular formula is C31H29NO5. The minimum absolute atomic E-state index is 0.0409. The molecule has 0 saturated heterocycles. The Bertz CT molecular complexity index is 1180. The molecule has 0 spiro atoms. The summed E-state index contributed by atoms with van der Waals surface area (Å²) in [6, 6.07) is 36.9. The highest BCUT2D eigenvalue weighted by molar-refractivity contribution is 5.80. The van der Waals surface area contributed by atoms with Crippen molar-refractivity contribution in [3.63, 3.8) is 0 Å². The molecule has 0 heterocycles. The molecule has 0 aliphatic rings. The normalized spacial score (nSPS) is 11.9. The van der Waals surface area contributed by atoms with Gasteiger partial charge in [0.05, 0.1) is 6.61 Å². The number of carboxylic acids is 1. The third-order valence-corrected chi connectivity index (χ3v) is 6.24. The molecule has 0 aromatic heterocycles. The molecule has 0 bridgehead atoms. The Balaban J connectivity index is 1.65. The van der Waals surface area contributed by atoms with Crippen LogP contribution >= 0.6 is 0 Å². The first-order chi connectivity index (χ1) is 18.0. The molecule has 4 aromatic carbocycles. The Morgan fingerprint density at radius 2 is 1.14 bits per heavy atom. The smallest absolute Gasteiger partial charge is 0.410 e. The number of benzene rings is 4. The van der Waals surface area contributed by atoms with Crippen LogP contribution in [0.4, 0.5) is 4.79 Å². The van der Waals surface area contributed by atoms with E-state index in [0.29, 0.717) is 0 Å². The van der Waals surface area contributed by atoms with Crippen molar-refractivity contribution in [1.29, 1.82) is 0 Å². The maximum atomic E-state index is 12.8. The largest absolute Gasteiger partial charge is 0.480 e. The summed E-state index contributed by atoms with van der Waals surface area (Å²) < 4.78 is 12.0. The van der Waals surface area contributed by atoms with Crippen LogP contribution in [0.1, 0.15) is 22.3 Å². The van der Waals surface area contributed by atoms with Crippen LogP contribution in [-0.4, -0.2) is 41.8 Å². The number of ether oxygens (including phenoxy) is 2. The van der Waals surface area contributed by atoms with Gasteiger partial charge in [0, 0.05) is 7.05 Å². The number of hydrogen-bond acceptors (Lipinski definition) is 4.